The minimum absolute atomic E-state index is 0.0189. The van der Waals surface area contributed by atoms with Crippen LogP contribution in [0.2, 0.25) is 0 Å². The maximum absolute atomic E-state index is 10.5. The minimum atomic E-state index is -0.459. The van der Waals surface area contributed by atoms with Gasteiger partial charge in [0.05, 0.1) is 17.6 Å². The summed E-state index contributed by atoms with van der Waals surface area (Å²) >= 11 is 0. The summed E-state index contributed by atoms with van der Waals surface area (Å²) in [7, 11) is 0. The van der Waals surface area contributed by atoms with Crippen molar-refractivity contribution in [3.8, 4) is 5.75 Å². The molecule has 5 nitrogen and oxygen atoms in total. The molecule has 0 N–H and O–H groups in total. The lowest BCUT2D eigenvalue weighted by atomic mass is 10.2. The van der Waals surface area contributed by atoms with Crippen LogP contribution in [0.25, 0.3) is 0 Å². The van der Waals surface area contributed by atoms with E-state index in [1.807, 2.05) is 0 Å². The summed E-state index contributed by atoms with van der Waals surface area (Å²) in [6.45, 7) is 0.467. The largest absolute Gasteiger partial charge is 0.493 e. The van der Waals surface area contributed by atoms with Crippen LogP contribution in [0.1, 0.15) is 19.3 Å². The number of rotatable bonds is 7. The van der Waals surface area contributed by atoms with E-state index in [0.29, 0.717) is 18.8 Å². The third-order valence-electron chi connectivity index (χ3n) is 2.01. The van der Waals surface area contributed by atoms with Crippen molar-refractivity contribution in [3.63, 3.8) is 0 Å². The average Bonchev–Trinajstić information content (AvgIpc) is 2.29. The Labute approximate surface area is 93.2 Å². The first-order chi connectivity index (χ1) is 7.74. The lowest BCUT2D eigenvalue weighted by Gasteiger charge is -2.04. The smallest absolute Gasteiger partial charge is 0.273 e. The van der Waals surface area contributed by atoms with Gasteiger partial charge >= 0.3 is 0 Å². The van der Waals surface area contributed by atoms with Gasteiger partial charge in [-0.05, 0) is 18.9 Å². The van der Waals surface area contributed by atoms with Crippen molar-refractivity contribution in [1.29, 1.82) is 0 Å². The lowest BCUT2D eigenvalue weighted by molar-refractivity contribution is -0.384. The van der Waals surface area contributed by atoms with Gasteiger partial charge in [0.1, 0.15) is 12.0 Å². The second kappa shape index (κ2) is 6.55. The van der Waals surface area contributed by atoms with Crippen molar-refractivity contribution >= 4 is 12.0 Å². The fourth-order valence-electron chi connectivity index (χ4n) is 1.21. The van der Waals surface area contributed by atoms with Gasteiger partial charge in [0.2, 0.25) is 0 Å². The number of nitro groups is 1. The van der Waals surface area contributed by atoms with E-state index in [4.69, 9.17) is 4.74 Å². The number of nitro benzene ring substituents is 1. The summed E-state index contributed by atoms with van der Waals surface area (Å²) < 4.78 is 5.32. The standard InChI is InChI=1S/C11H13NO4/c13-7-2-1-3-8-16-11-6-4-5-10(9-11)12(14)15/h4-7,9H,1-3,8H2. The lowest BCUT2D eigenvalue weighted by Crippen LogP contribution is -1.98. The molecule has 0 spiro atoms. The number of carbonyl (C=O) groups excluding carboxylic acids is 1. The van der Waals surface area contributed by atoms with Crippen LogP contribution >= 0.6 is 0 Å². The third kappa shape index (κ3) is 4.08. The molecule has 1 rings (SSSR count). The number of nitrogens with zero attached hydrogens (tertiary/aromatic N) is 1. The topological polar surface area (TPSA) is 69.4 Å². The first-order valence-electron chi connectivity index (χ1n) is 5.05. The maximum Gasteiger partial charge on any atom is 0.273 e. The second-order valence-corrected chi connectivity index (χ2v) is 3.27. The maximum atomic E-state index is 10.5. The Morgan fingerprint density at radius 2 is 2.19 bits per heavy atom. The van der Waals surface area contributed by atoms with E-state index in [1.165, 1.54) is 12.1 Å². The molecule has 0 radical (unpaired) electrons. The molecule has 1 aromatic rings. The molecular formula is C11H13NO4. The van der Waals surface area contributed by atoms with Gasteiger partial charge in [-0.25, -0.2) is 0 Å². The monoisotopic (exact) mass is 223 g/mol. The number of carbonyl (C=O) groups is 1. The van der Waals surface area contributed by atoms with Gasteiger partial charge in [-0.15, -0.1) is 0 Å². The summed E-state index contributed by atoms with van der Waals surface area (Å²) in [6.07, 6.45) is 2.94. The molecule has 0 bridgehead atoms. The minimum Gasteiger partial charge on any atom is -0.493 e. The highest BCUT2D eigenvalue weighted by atomic mass is 16.6. The van der Waals surface area contributed by atoms with Crippen LogP contribution in [0.15, 0.2) is 24.3 Å². The molecule has 16 heavy (non-hydrogen) atoms. The molecule has 0 fully saturated rings. The van der Waals surface area contributed by atoms with Crippen molar-refractivity contribution < 1.29 is 14.5 Å². The highest BCUT2D eigenvalue weighted by Crippen LogP contribution is 2.19. The highest BCUT2D eigenvalue weighted by molar-refractivity contribution is 5.48. The van der Waals surface area contributed by atoms with Gasteiger partial charge in [-0.3, -0.25) is 10.1 Å². The van der Waals surface area contributed by atoms with Crippen LogP contribution in [0.4, 0.5) is 5.69 Å². The zero-order valence-corrected chi connectivity index (χ0v) is 8.80. The Bertz CT molecular complexity index is 365. The summed E-state index contributed by atoms with van der Waals surface area (Å²) in [5.41, 5.74) is 0.0189. The molecule has 0 amide bonds. The van der Waals surface area contributed by atoms with Gasteiger partial charge in [0.15, 0.2) is 0 Å². The molecular weight excluding hydrogens is 210 g/mol. The summed E-state index contributed by atoms with van der Waals surface area (Å²) in [5, 5.41) is 10.5. The van der Waals surface area contributed by atoms with Crippen molar-refractivity contribution in [2.45, 2.75) is 19.3 Å². The van der Waals surface area contributed by atoms with Gasteiger partial charge in [0, 0.05) is 12.5 Å². The van der Waals surface area contributed by atoms with Gasteiger partial charge in [-0.1, -0.05) is 6.07 Å². The molecule has 0 aliphatic heterocycles. The quantitative estimate of drug-likeness (QED) is 0.308. The summed E-state index contributed by atoms with van der Waals surface area (Å²) in [5.74, 6) is 0.486. The van der Waals surface area contributed by atoms with Crippen LogP contribution in [-0.4, -0.2) is 17.8 Å². The van der Waals surface area contributed by atoms with Gasteiger partial charge < -0.3 is 9.53 Å². The summed E-state index contributed by atoms with van der Waals surface area (Å²) in [6, 6.07) is 6.06. The number of benzene rings is 1. The Morgan fingerprint density at radius 3 is 2.88 bits per heavy atom. The van der Waals surface area contributed by atoms with Crippen LogP contribution < -0.4 is 4.74 Å². The van der Waals surface area contributed by atoms with E-state index in [2.05, 4.69) is 0 Å². The predicted molar refractivity (Wildman–Crippen MR) is 58.5 cm³/mol. The molecule has 0 saturated heterocycles. The molecule has 0 atom stereocenters. The Hall–Kier alpha value is -1.91. The molecule has 86 valence electrons. The van der Waals surface area contributed by atoms with Crippen molar-refractivity contribution in [2.75, 3.05) is 6.61 Å². The van der Waals surface area contributed by atoms with E-state index in [9.17, 15) is 14.9 Å². The SMILES string of the molecule is O=CCCCCOc1cccc([N+](=O)[O-])c1. The van der Waals surface area contributed by atoms with Crippen molar-refractivity contribution in [3.05, 3.63) is 34.4 Å². The number of hydrogen-bond donors (Lipinski definition) is 0. The molecule has 1 aromatic carbocycles. The number of non-ortho nitro benzene ring substituents is 1. The number of ether oxygens (including phenoxy) is 1. The Balaban J connectivity index is 2.39. The molecule has 0 saturated carbocycles. The van der Waals surface area contributed by atoms with Gasteiger partial charge in [0.25, 0.3) is 5.69 Å². The van der Waals surface area contributed by atoms with Crippen LogP contribution in [0, 0.1) is 10.1 Å². The fourth-order valence-corrected chi connectivity index (χ4v) is 1.21. The third-order valence-corrected chi connectivity index (χ3v) is 2.01. The first-order valence-corrected chi connectivity index (χ1v) is 5.05. The average molecular weight is 223 g/mol. The van der Waals surface area contributed by atoms with E-state index in [1.54, 1.807) is 12.1 Å². The van der Waals surface area contributed by atoms with E-state index < -0.39 is 4.92 Å². The van der Waals surface area contributed by atoms with Crippen LogP contribution in [-0.2, 0) is 4.79 Å². The van der Waals surface area contributed by atoms with E-state index in [0.717, 1.165) is 19.1 Å². The Morgan fingerprint density at radius 1 is 1.38 bits per heavy atom. The molecule has 0 aliphatic carbocycles. The molecule has 0 unspecified atom stereocenters. The first kappa shape index (κ1) is 12.2. The highest BCUT2D eigenvalue weighted by Gasteiger charge is 2.05. The zero-order valence-electron chi connectivity index (χ0n) is 8.80. The Kier molecular flexibility index (Phi) is 4.98. The van der Waals surface area contributed by atoms with Crippen molar-refractivity contribution in [1.82, 2.24) is 0 Å². The van der Waals surface area contributed by atoms with Crippen LogP contribution in [0.3, 0.4) is 0 Å². The number of unbranched alkanes of at least 4 members (excludes halogenated alkanes) is 2. The second-order valence-electron chi connectivity index (χ2n) is 3.27. The predicted octanol–water partition coefficient (Wildman–Crippen LogP) is 2.34. The fraction of sp³-hybridized carbons (Fsp3) is 0.364. The van der Waals surface area contributed by atoms with E-state index >= 15 is 0 Å². The van der Waals surface area contributed by atoms with E-state index in [-0.39, 0.29) is 5.69 Å². The summed E-state index contributed by atoms with van der Waals surface area (Å²) in [4.78, 5) is 20.1. The van der Waals surface area contributed by atoms with Crippen molar-refractivity contribution in [2.24, 2.45) is 0 Å². The molecule has 0 heterocycles. The molecule has 0 aliphatic rings. The normalized spacial score (nSPS) is 9.75. The molecule has 0 aromatic heterocycles. The van der Waals surface area contributed by atoms with Crippen LogP contribution in [0.5, 0.6) is 5.75 Å². The number of hydrogen-bond acceptors (Lipinski definition) is 4. The van der Waals surface area contributed by atoms with Gasteiger partial charge in [-0.2, -0.15) is 0 Å². The number of aldehydes is 1. The zero-order chi connectivity index (χ0) is 11.8. The molecule has 5 heteroatoms.